The van der Waals surface area contributed by atoms with Crippen molar-refractivity contribution in [3.63, 3.8) is 0 Å². The summed E-state index contributed by atoms with van der Waals surface area (Å²) < 4.78 is 7.31. The van der Waals surface area contributed by atoms with E-state index in [1.165, 1.54) is 20.5 Å². The van der Waals surface area contributed by atoms with E-state index < -0.39 is 0 Å². The fourth-order valence-electron chi connectivity index (χ4n) is 4.41. The largest absolute Gasteiger partial charge is 0.486 e. The van der Waals surface area contributed by atoms with E-state index in [9.17, 15) is 0 Å². The molecular weight excluding hydrogens is 667 g/mol. The molecular formula is C32H23IrN3OS-2. The number of thiophene rings is 1. The Morgan fingerprint density at radius 2 is 1.63 bits per heavy atom. The number of furan rings is 1. The van der Waals surface area contributed by atoms with Gasteiger partial charge in [-0.3, -0.25) is 0 Å². The zero-order valence-electron chi connectivity index (χ0n) is 21.1. The van der Waals surface area contributed by atoms with Crippen molar-refractivity contribution in [1.82, 2.24) is 15.0 Å². The predicted octanol–water partition coefficient (Wildman–Crippen LogP) is 8.53. The third kappa shape index (κ3) is 4.79. The number of hydrogen-bond donors (Lipinski definition) is 0. The van der Waals surface area contributed by atoms with E-state index in [4.69, 9.17) is 4.42 Å². The molecule has 6 heteroatoms. The number of pyridine rings is 3. The molecule has 0 saturated heterocycles. The minimum absolute atomic E-state index is 0. The minimum Gasteiger partial charge on any atom is -0.486 e. The van der Waals surface area contributed by atoms with Crippen molar-refractivity contribution in [1.29, 1.82) is 0 Å². The van der Waals surface area contributed by atoms with Gasteiger partial charge in [-0.15, -0.1) is 65.4 Å². The van der Waals surface area contributed by atoms with Crippen molar-refractivity contribution in [3.8, 4) is 22.5 Å². The van der Waals surface area contributed by atoms with Crippen molar-refractivity contribution in [2.24, 2.45) is 0 Å². The zero-order chi connectivity index (χ0) is 25.4. The zero-order valence-corrected chi connectivity index (χ0v) is 24.3. The normalized spacial score (nSPS) is 10.8. The predicted molar refractivity (Wildman–Crippen MR) is 152 cm³/mol. The molecule has 0 spiro atoms. The molecule has 4 nitrogen and oxygen atoms in total. The van der Waals surface area contributed by atoms with Crippen molar-refractivity contribution in [2.45, 2.75) is 20.8 Å². The maximum atomic E-state index is 6.13. The fourth-order valence-corrected chi connectivity index (χ4v) is 5.56. The van der Waals surface area contributed by atoms with Gasteiger partial charge >= 0.3 is 0 Å². The van der Waals surface area contributed by atoms with Crippen LogP contribution in [-0.2, 0) is 20.1 Å². The Hall–Kier alpha value is -3.70. The van der Waals surface area contributed by atoms with Gasteiger partial charge in [0, 0.05) is 58.9 Å². The standard InChI is InChI=1S/C21H15N2OS.C11H8N.Ir/c1-11-7-8-16-15-5-4-6-17(19(15)24-21(16)23-11)18-20-14(9-10-22-18)12(2)13(3)25-20;1-2-6-10(7-3-1)11-8-4-5-9-12-11;/h4-5,7-10H,1-3H3;1-6,8-9H;/q2*-1;. The van der Waals surface area contributed by atoms with Gasteiger partial charge in [0.05, 0.1) is 5.58 Å². The molecule has 5 aromatic heterocycles. The molecule has 0 atom stereocenters. The first-order valence-electron chi connectivity index (χ1n) is 12.0. The van der Waals surface area contributed by atoms with Gasteiger partial charge in [0.25, 0.3) is 0 Å². The number of aryl methyl sites for hydroxylation is 3. The molecule has 0 aliphatic heterocycles. The maximum Gasteiger partial charge on any atom is 0.216 e. The molecule has 7 rings (SSSR count). The molecule has 2 aromatic carbocycles. The molecule has 189 valence electrons. The van der Waals surface area contributed by atoms with E-state index in [1.807, 2.05) is 73.8 Å². The smallest absolute Gasteiger partial charge is 0.216 e. The Labute approximate surface area is 238 Å². The van der Waals surface area contributed by atoms with Gasteiger partial charge in [-0.1, -0.05) is 23.1 Å². The fraction of sp³-hybridized carbons (Fsp3) is 0.0938. The number of rotatable bonds is 2. The number of aromatic nitrogens is 3. The van der Waals surface area contributed by atoms with Crippen LogP contribution in [-0.4, -0.2) is 15.0 Å². The molecule has 0 N–H and O–H groups in total. The van der Waals surface area contributed by atoms with E-state index in [-0.39, 0.29) is 20.1 Å². The van der Waals surface area contributed by atoms with Crippen molar-refractivity contribution in [3.05, 3.63) is 113 Å². The topological polar surface area (TPSA) is 51.8 Å². The van der Waals surface area contributed by atoms with Gasteiger partial charge in [0.2, 0.25) is 5.71 Å². The molecule has 0 bridgehead atoms. The van der Waals surface area contributed by atoms with E-state index in [0.717, 1.165) is 44.6 Å². The molecule has 0 unspecified atom stereocenters. The van der Waals surface area contributed by atoms with E-state index >= 15 is 0 Å². The van der Waals surface area contributed by atoms with Crippen LogP contribution >= 0.6 is 11.3 Å². The average molecular weight is 690 g/mol. The summed E-state index contributed by atoms with van der Waals surface area (Å²) in [5, 5.41) is 3.34. The number of nitrogens with zero attached hydrogens (tertiary/aromatic N) is 3. The van der Waals surface area contributed by atoms with Crippen molar-refractivity contribution < 1.29 is 24.5 Å². The first kappa shape index (κ1) is 25.9. The summed E-state index contributed by atoms with van der Waals surface area (Å²) in [5.41, 5.74) is 7.58. The summed E-state index contributed by atoms with van der Waals surface area (Å²) in [6.07, 6.45) is 3.66. The van der Waals surface area contributed by atoms with Gasteiger partial charge in [0.15, 0.2) is 0 Å². The van der Waals surface area contributed by atoms with Crippen molar-refractivity contribution in [2.75, 3.05) is 0 Å². The van der Waals surface area contributed by atoms with Crippen LogP contribution in [0.5, 0.6) is 0 Å². The number of hydrogen-bond acceptors (Lipinski definition) is 5. The molecule has 1 radical (unpaired) electrons. The Morgan fingerprint density at radius 3 is 2.42 bits per heavy atom. The average Bonchev–Trinajstić information content (AvgIpc) is 3.46. The number of fused-ring (bicyclic) bond motifs is 4. The summed E-state index contributed by atoms with van der Waals surface area (Å²) in [7, 11) is 0. The van der Waals surface area contributed by atoms with Crippen LogP contribution < -0.4 is 0 Å². The van der Waals surface area contributed by atoms with Crippen LogP contribution in [0.1, 0.15) is 16.1 Å². The first-order chi connectivity index (χ1) is 18.1. The minimum atomic E-state index is 0. The Balaban J connectivity index is 0.000000191. The van der Waals surface area contributed by atoms with Crippen LogP contribution in [0.25, 0.3) is 54.7 Å². The van der Waals surface area contributed by atoms with Crippen LogP contribution in [0.15, 0.2) is 89.6 Å². The van der Waals surface area contributed by atoms with E-state index in [2.05, 4.69) is 53.1 Å². The summed E-state index contributed by atoms with van der Waals surface area (Å²) >= 11 is 1.78. The molecule has 0 amide bonds. The molecule has 0 aliphatic carbocycles. The van der Waals surface area contributed by atoms with E-state index in [0.29, 0.717) is 5.71 Å². The summed E-state index contributed by atoms with van der Waals surface area (Å²) in [4.78, 5) is 14.7. The summed E-state index contributed by atoms with van der Waals surface area (Å²) in [6, 6.07) is 30.3. The van der Waals surface area contributed by atoms with E-state index in [1.54, 1.807) is 17.5 Å². The molecule has 0 aliphatic rings. The van der Waals surface area contributed by atoms with Crippen LogP contribution in [0.2, 0.25) is 0 Å². The Morgan fingerprint density at radius 1 is 0.763 bits per heavy atom. The second-order valence-electron chi connectivity index (χ2n) is 8.81. The van der Waals surface area contributed by atoms with Gasteiger partial charge in [-0.2, -0.15) is 0 Å². The summed E-state index contributed by atoms with van der Waals surface area (Å²) in [6.45, 7) is 6.29. The van der Waals surface area contributed by atoms with Gasteiger partial charge < -0.3 is 14.4 Å². The van der Waals surface area contributed by atoms with Crippen LogP contribution in [0.4, 0.5) is 0 Å². The second-order valence-corrected chi connectivity index (χ2v) is 10.0. The van der Waals surface area contributed by atoms with Gasteiger partial charge in [-0.25, -0.2) is 4.98 Å². The third-order valence-corrected chi connectivity index (χ3v) is 7.65. The maximum absolute atomic E-state index is 6.13. The quantitative estimate of drug-likeness (QED) is 0.171. The first-order valence-corrected chi connectivity index (χ1v) is 12.9. The van der Waals surface area contributed by atoms with Crippen molar-refractivity contribution >= 4 is 43.5 Å². The molecule has 0 saturated carbocycles. The molecule has 0 fully saturated rings. The Bertz CT molecular complexity index is 1820. The number of benzene rings is 2. The monoisotopic (exact) mass is 690 g/mol. The van der Waals surface area contributed by atoms with Gasteiger partial charge in [0.1, 0.15) is 0 Å². The molecule has 7 aromatic rings. The molecule has 38 heavy (non-hydrogen) atoms. The van der Waals surface area contributed by atoms with Crippen LogP contribution in [0.3, 0.4) is 0 Å². The second kappa shape index (κ2) is 11.0. The van der Waals surface area contributed by atoms with Crippen LogP contribution in [0, 0.1) is 32.9 Å². The molecule has 5 heterocycles. The SMILES string of the molecule is Cc1ccc2c(n1)oc1c(-c3nccc4c(C)c(C)sc34)[c-]ccc12.[Ir].[c-]1ccccc1-c1ccccn1. The summed E-state index contributed by atoms with van der Waals surface area (Å²) in [5.74, 6) is 0. The van der Waals surface area contributed by atoms with Gasteiger partial charge in [-0.05, 0) is 61.7 Å². The third-order valence-electron chi connectivity index (χ3n) is 6.42. The Kier molecular flexibility index (Phi) is 7.48.